The summed E-state index contributed by atoms with van der Waals surface area (Å²) in [5.41, 5.74) is 3.17. The molecule has 26 heavy (non-hydrogen) atoms. The molecule has 5 heteroatoms. The van der Waals surface area contributed by atoms with E-state index in [9.17, 15) is 10.1 Å². The van der Waals surface area contributed by atoms with E-state index in [1.807, 2.05) is 30.3 Å². The number of anilines is 1. The van der Waals surface area contributed by atoms with Crippen molar-refractivity contribution in [2.45, 2.75) is 32.6 Å². The molecule has 0 saturated heterocycles. The fraction of sp³-hybridized carbons (Fsp3) is 0.238. The van der Waals surface area contributed by atoms with Gasteiger partial charge >= 0.3 is 0 Å². The first-order chi connectivity index (χ1) is 12.7. The minimum atomic E-state index is -0.233. The lowest BCUT2D eigenvalue weighted by atomic mass is 9.96. The Bertz CT molecular complexity index is 1010. The van der Waals surface area contributed by atoms with Crippen LogP contribution >= 0.6 is 11.3 Å². The number of furan rings is 1. The number of nitrogens with zero attached hydrogens (tertiary/aromatic N) is 1. The summed E-state index contributed by atoms with van der Waals surface area (Å²) in [4.78, 5) is 14.0. The highest BCUT2D eigenvalue weighted by Crippen LogP contribution is 2.38. The zero-order chi connectivity index (χ0) is 18.1. The van der Waals surface area contributed by atoms with E-state index in [1.165, 1.54) is 16.2 Å². The summed E-state index contributed by atoms with van der Waals surface area (Å²) in [5, 5.41) is 13.1. The first-order valence-corrected chi connectivity index (χ1v) is 9.51. The second kappa shape index (κ2) is 6.81. The minimum Gasteiger partial charge on any atom is -0.461 e. The van der Waals surface area contributed by atoms with Crippen LogP contribution in [0.5, 0.6) is 0 Å². The van der Waals surface area contributed by atoms with Gasteiger partial charge in [-0.15, -0.1) is 11.3 Å². The van der Waals surface area contributed by atoms with Gasteiger partial charge in [0.05, 0.1) is 11.1 Å². The maximum absolute atomic E-state index is 12.8. The fourth-order valence-electron chi connectivity index (χ4n) is 3.39. The number of nitrogens with one attached hydrogen (secondary N) is 1. The van der Waals surface area contributed by atoms with E-state index in [1.54, 1.807) is 13.0 Å². The van der Waals surface area contributed by atoms with Crippen molar-refractivity contribution in [2.24, 2.45) is 0 Å². The number of nitriles is 1. The number of amides is 1. The molecular weight excluding hydrogens is 344 g/mol. The molecular formula is C21H18N2O2S. The normalized spacial score (nSPS) is 13.1. The molecule has 1 aliphatic rings. The van der Waals surface area contributed by atoms with Gasteiger partial charge in [0.1, 0.15) is 22.6 Å². The number of hydrogen-bond acceptors (Lipinski definition) is 4. The van der Waals surface area contributed by atoms with Gasteiger partial charge < -0.3 is 9.73 Å². The lowest BCUT2D eigenvalue weighted by Crippen LogP contribution is -2.12. The van der Waals surface area contributed by atoms with E-state index in [2.05, 4.69) is 11.4 Å². The number of benzene rings is 1. The van der Waals surface area contributed by atoms with E-state index >= 15 is 0 Å². The molecule has 0 aliphatic heterocycles. The molecule has 0 bridgehead atoms. The van der Waals surface area contributed by atoms with Gasteiger partial charge in [0.25, 0.3) is 5.91 Å². The van der Waals surface area contributed by atoms with Crippen molar-refractivity contribution in [1.82, 2.24) is 0 Å². The Morgan fingerprint density at radius 1 is 1.23 bits per heavy atom. The lowest BCUT2D eigenvalue weighted by Gasteiger charge is -2.09. The van der Waals surface area contributed by atoms with Crippen molar-refractivity contribution in [3.8, 4) is 17.4 Å². The maximum Gasteiger partial charge on any atom is 0.259 e. The maximum atomic E-state index is 12.8. The van der Waals surface area contributed by atoms with Crippen LogP contribution in [0.25, 0.3) is 11.3 Å². The number of thiophene rings is 1. The van der Waals surface area contributed by atoms with E-state index in [0.29, 0.717) is 27.6 Å². The Kier molecular flexibility index (Phi) is 4.36. The molecule has 130 valence electrons. The second-order valence-corrected chi connectivity index (χ2v) is 7.53. The fourth-order valence-corrected chi connectivity index (χ4v) is 4.63. The molecule has 4 rings (SSSR count). The molecule has 0 radical (unpaired) electrons. The number of aryl methyl sites for hydroxylation is 2. The summed E-state index contributed by atoms with van der Waals surface area (Å²) in [7, 11) is 0. The highest BCUT2D eigenvalue weighted by molar-refractivity contribution is 7.16. The van der Waals surface area contributed by atoms with Crippen molar-refractivity contribution >= 4 is 22.2 Å². The average Bonchev–Trinajstić information content (AvgIpc) is 3.22. The third kappa shape index (κ3) is 2.93. The van der Waals surface area contributed by atoms with Gasteiger partial charge in [-0.1, -0.05) is 30.3 Å². The molecule has 0 atom stereocenters. The molecule has 1 amide bonds. The van der Waals surface area contributed by atoms with Crippen LogP contribution in [-0.4, -0.2) is 5.91 Å². The summed E-state index contributed by atoms with van der Waals surface area (Å²) in [6.45, 7) is 1.78. The van der Waals surface area contributed by atoms with Crippen LogP contribution in [0.15, 0.2) is 40.8 Å². The summed E-state index contributed by atoms with van der Waals surface area (Å²) in [6, 6.07) is 13.7. The third-order valence-electron chi connectivity index (χ3n) is 4.73. The van der Waals surface area contributed by atoms with E-state index in [-0.39, 0.29) is 5.91 Å². The smallest absolute Gasteiger partial charge is 0.259 e. The van der Waals surface area contributed by atoms with E-state index in [0.717, 1.165) is 36.8 Å². The van der Waals surface area contributed by atoms with E-state index < -0.39 is 0 Å². The highest BCUT2D eigenvalue weighted by Gasteiger charge is 2.23. The predicted octanol–water partition coefficient (Wildman–Crippen LogP) is 5.32. The number of carbonyl (C=O) groups is 1. The van der Waals surface area contributed by atoms with Crippen molar-refractivity contribution in [1.29, 1.82) is 5.26 Å². The zero-order valence-corrected chi connectivity index (χ0v) is 15.3. The van der Waals surface area contributed by atoms with Gasteiger partial charge in [-0.25, -0.2) is 0 Å². The minimum absolute atomic E-state index is 0.233. The monoisotopic (exact) mass is 362 g/mol. The molecule has 4 nitrogen and oxygen atoms in total. The number of carbonyl (C=O) groups excluding carboxylic acids is 1. The first-order valence-electron chi connectivity index (χ1n) is 8.69. The molecule has 1 N–H and O–H groups in total. The number of rotatable bonds is 3. The van der Waals surface area contributed by atoms with Gasteiger partial charge in [0.2, 0.25) is 0 Å². The SMILES string of the molecule is Cc1oc(-c2ccccc2)cc1C(=O)Nc1sc2c(c1C#N)CCCC2. The van der Waals surface area contributed by atoms with Crippen LogP contribution in [-0.2, 0) is 12.8 Å². The van der Waals surface area contributed by atoms with Crippen LogP contribution in [0.1, 0.15) is 45.0 Å². The topological polar surface area (TPSA) is 66.0 Å². The molecule has 1 aliphatic carbocycles. The standard InChI is InChI=1S/C21H18N2O2S/c1-13-16(11-18(25-13)14-7-3-2-4-8-14)20(24)23-21-17(12-22)15-9-5-6-10-19(15)26-21/h2-4,7-8,11H,5-6,9-10H2,1H3,(H,23,24). The molecule has 1 aromatic carbocycles. The van der Waals surface area contributed by atoms with E-state index in [4.69, 9.17) is 4.42 Å². The molecule has 0 spiro atoms. The summed E-state index contributed by atoms with van der Waals surface area (Å²) < 4.78 is 5.77. The Labute approximate surface area is 156 Å². The van der Waals surface area contributed by atoms with Crippen LogP contribution in [0.2, 0.25) is 0 Å². The third-order valence-corrected chi connectivity index (χ3v) is 5.94. The van der Waals surface area contributed by atoms with Gasteiger partial charge in [-0.3, -0.25) is 4.79 Å². The Morgan fingerprint density at radius 2 is 2.00 bits per heavy atom. The molecule has 3 aromatic rings. The van der Waals surface area contributed by atoms with Crippen molar-refractivity contribution in [3.05, 3.63) is 63.7 Å². The Hall–Kier alpha value is -2.84. The predicted molar refractivity (Wildman–Crippen MR) is 103 cm³/mol. The number of hydrogen-bond donors (Lipinski definition) is 1. The molecule has 2 heterocycles. The van der Waals surface area contributed by atoms with Crippen LogP contribution in [0.4, 0.5) is 5.00 Å². The van der Waals surface area contributed by atoms with Crippen molar-refractivity contribution in [3.63, 3.8) is 0 Å². The van der Waals surface area contributed by atoms with Crippen molar-refractivity contribution < 1.29 is 9.21 Å². The first kappa shape index (κ1) is 16.6. The molecule has 2 aromatic heterocycles. The molecule has 0 unspecified atom stereocenters. The largest absolute Gasteiger partial charge is 0.461 e. The summed E-state index contributed by atoms with van der Waals surface area (Å²) in [5.74, 6) is 1.00. The lowest BCUT2D eigenvalue weighted by molar-refractivity contribution is 0.102. The van der Waals surface area contributed by atoms with Crippen LogP contribution in [0.3, 0.4) is 0 Å². The van der Waals surface area contributed by atoms with Crippen LogP contribution in [0, 0.1) is 18.3 Å². The van der Waals surface area contributed by atoms with Gasteiger partial charge in [-0.2, -0.15) is 5.26 Å². The Balaban J connectivity index is 1.63. The molecule has 0 fully saturated rings. The van der Waals surface area contributed by atoms with Gasteiger partial charge in [-0.05, 0) is 44.2 Å². The average molecular weight is 362 g/mol. The van der Waals surface area contributed by atoms with Crippen molar-refractivity contribution in [2.75, 3.05) is 5.32 Å². The molecule has 0 saturated carbocycles. The van der Waals surface area contributed by atoms with Gasteiger partial charge in [0.15, 0.2) is 0 Å². The number of fused-ring (bicyclic) bond motifs is 1. The van der Waals surface area contributed by atoms with Gasteiger partial charge in [0, 0.05) is 10.4 Å². The van der Waals surface area contributed by atoms with Crippen LogP contribution < -0.4 is 5.32 Å². The second-order valence-electron chi connectivity index (χ2n) is 6.43. The highest BCUT2D eigenvalue weighted by atomic mass is 32.1. The summed E-state index contributed by atoms with van der Waals surface area (Å²) in [6.07, 6.45) is 4.17. The Morgan fingerprint density at radius 3 is 2.77 bits per heavy atom. The quantitative estimate of drug-likeness (QED) is 0.686. The zero-order valence-electron chi connectivity index (χ0n) is 14.5. The summed E-state index contributed by atoms with van der Waals surface area (Å²) >= 11 is 1.53.